The number of nitrogens with zero attached hydrogens (tertiary/aromatic N) is 3. The smallest absolute Gasteiger partial charge is 0.225 e. The van der Waals surface area contributed by atoms with E-state index in [1.54, 1.807) is 23.1 Å². The maximum absolute atomic E-state index is 13.9. The van der Waals surface area contributed by atoms with Crippen LogP contribution in [0.5, 0.6) is 0 Å². The van der Waals surface area contributed by atoms with Crippen molar-refractivity contribution in [2.45, 2.75) is 32.9 Å². The standard InChI is InChI=1S/C22H23FN4O2/c1-15-5-4-8-20-25-18(14-27(15)20)11-24-22(29)17-9-10-21(28)26(13-17)12-16-6-2-3-7-19(16)23/h2-8,14,17H,9-13H2,1H3,(H,24,29)/t17-/m0/s1. The predicted molar refractivity (Wildman–Crippen MR) is 106 cm³/mol. The molecule has 0 saturated carbocycles. The van der Waals surface area contributed by atoms with Gasteiger partial charge in [0.1, 0.15) is 11.5 Å². The fraction of sp³-hybridized carbons (Fsp3) is 0.318. The number of likely N-dealkylation sites (tertiary alicyclic amines) is 1. The Morgan fingerprint density at radius 1 is 1.24 bits per heavy atom. The fourth-order valence-corrected chi connectivity index (χ4v) is 3.72. The highest BCUT2D eigenvalue weighted by Gasteiger charge is 2.30. The Labute approximate surface area is 168 Å². The Morgan fingerprint density at radius 3 is 2.86 bits per heavy atom. The van der Waals surface area contributed by atoms with E-state index in [4.69, 9.17) is 0 Å². The van der Waals surface area contributed by atoms with Crippen LogP contribution in [0.4, 0.5) is 4.39 Å². The van der Waals surface area contributed by atoms with Crippen molar-refractivity contribution in [1.82, 2.24) is 19.6 Å². The van der Waals surface area contributed by atoms with Gasteiger partial charge in [-0.15, -0.1) is 0 Å². The van der Waals surface area contributed by atoms with Crippen LogP contribution in [-0.4, -0.2) is 32.6 Å². The number of aromatic nitrogens is 2. The topological polar surface area (TPSA) is 66.7 Å². The van der Waals surface area contributed by atoms with Crippen molar-refractivity contribution in [1.29, 1.82) is 0 Å². The Morgan fingerprint density at radius 2 is 2.07 bits per heavy atom. The average Bonchev–Trinajstić information content (AvgIpc) is 3.14. The molecule has 4 rings (SSSR count). The number of rotatable bonds is 5. The molecule has 0 bridgehead atoms. The zero-order valence-corrected chi connectivity index (χ0v) is 16.3. The van der Waals surface area contributed by atoms with Gasteiger partial charge < -0.3 is 14.6 Å². The van der Waals surface area contributed by atoms with Crippen molar-refractivity contribution < 1.29 is 14.0 Å². The number of hydrogen-bond acceptors (Lipinski definition) is 3. The maximum Gasteiger partial charge on any atom is 0.225 e. The van der Waals surface area contributed by atoms with Crippen LogP contribution in [-0.2, 0) is 22.7 Å². The largest absolute Gasteiger partial charge is 0.350 e. The van der Waals surface area contributed by atoms with Gasteiger partial charge in [0, 0.05) is 37.0 Å². The number of carbonyl (C=O) groups excluding carboxylic acids is 2. The second kappa shape index (κ2) is 8.03. The van der Waals surface area contributed by atoms with Gasteiger partial charge in [-0.1, -0.05) is 24.3 Å². The van der Waals surface area contributed by atoms with E-state index >= 15 is 0 Å². The molecule has 3 heterocycles. The van der Waals surface area contributed by atoms with Crippen molar-refractivity contribution in [3.8, 4) is 0 Å². The van der Waals surface area contributed by atoms with E-state index in [-0.39, 0.29) is 30.1 Å². The highest BCUT2D eigenvalue weighted by molar-refractivity contribution is 5.83. The summed E-state index contributed by atoms with van der Waals surface area (Å²) in [5, 5.41) is 2.93. The van der Waals surface area contributed by atoms with Crippen LogP contribution in [0.2, 0.25) is 0 Å². The highest BCUT2D eigenvalue weighted by Crippen LogP contribution is 2.21. The molecule has 150 valence electrons. The normalized spacial score (nSPS) is 17.0. The summed E-state index contributed by atoms with van der Waals surface area (Å²) in [6, 6.07) is 12.3. The van der Waals surface area contributed by atoms with Crippen LogP contribution in [0.1, 0.15) is 29.8 Å². The second-order valence-electron chi connectivity index (χ2n) is 7.45. The van der Waals surface area contributed by atoms with Crippen LogP contribution in [0.3, 0.4) is 0 Å². The zero-order chi connectivity index (χ0) is 20.4. The Balaban J connectivity index is 1.38. The first-order valence-electron chi connectivity index (χ1n) is 9.74. The Kier molecular flexibility index (Phi) is 5.29. The fourth-order valence-electron chi connectivity index (χ4n) is 3.72. The van der Waals surface area contributed by atoms with Gasteiger partial charge in [-0.05, 0) is 31.5 Å². The average molecular weight is 394 g/mol. The highest BCUT2D eigenvalue weighted by atomic mass is 19.1. The summed E-state index contributed by atoms with van der Waals surface area (Å²) in [6.45, 7) is 2.81. The van der Waals surface area contributed by atoms with Crippen molar-refractivity contribution in [2.24, 2.45) is 5.92 Å². The number of benzene rings is 1. The molecular formula is C22H23FN4O2. The molecule has 1 aliphatic rings. The van der Waals surface area contributed by atoms with Crippen LogP contribution in [0.25, 0.3) is 5.65 Å². The predicted octanol–water partition coefficient (Wildman–Crippen LogP) is 2.84. The SMILES string of the molecule is Cc1cccc2nc(CNC(=O)[C@H]3CCC(=O)N(Cc4ccccc4F)C3)cn12. The summed E-state index contributed by atoms with van der Waals surface area (Å²) in [4.78, 5) is 31.0. The number of pyridine rings is 1. The Hall–Kier alpha value is -3.22. The quantitative estimate of drug-likeness (QED) is 0.724. The molecule has 1 atom stereocenters. The number of carbonyl (C=O) groups is 2. The summed E-state index contributed by atoms with van der Waals surface area (Å²) in [7, 11) is 0. The monoisotopic (exact) mass is 394 g/mol. The summed E-state index contributed by atoms with van der Waals surface area (Å²) >= 11 is 0. The number of fused-ring (bicyclic) bond motifs is 1. The molecule has 6 nitrogen and oxygen atoms in total. The number of hydrogen-bond donors (Lipinski definition) is 1. The number of amides is 2. The molecule has 0 spiro atoms. The molecule has 0 radical (unpaired) electrons. The zero-order valence-electron chi connectivity index (χ0n) is 16.3. The first-order chi connectivity index (χ1) is 14.0. The molecule has 2 amide bonds. The van der Waals surface area contributed by atoms with Crippen LogP contribution < -0.4 is 5.32 Å². The number of piperidine rings is 1. The molecule has 1 saturated heterocycles. The first kappa shape index (κ1) is 19.1. The maximum atomic E-state index is 13.9. The molecular weight excluding hydrogens is 371 g/mol. The van der Waals surface area contributed by atoms with E-state index < -0.39 is 0 Å². The molecule has 2 aromatic heterocycles. The summed E-state index contributed by atoms with van der Waals surface area (Å²) in [5.41, 5.74) is 3.15. The third-order valence-corrected chi connectivity index (χ3v) is 5.38. The van der Waals surface area contributed by atoms with Gasteiger partial charge in [0.15, 0.2) is 0 Å². The van der Waals surface area contributed by atoms with E-state index in [1.807, 2.05) is 35.7 Å². The molecule has 0 aliphatic carbocycles. The molecule has 1 aliphatic heterocycles. The van der Waals surface area contributed by atoms with Gasteiger partial charge >= 0.3 is 0 Å². The molecule has 29 heavy (non-hydrogen) atoms. The van der Waals surface area contributed by atoms with Gasteiger partial charge in [0.2, 0.25) is 11.8 Å². The lowest BCUT2D eigenvalue weighted by molar-refractivity contribution is -0.139. The lowest BCUT2D eigenvalue weighted by Crippen LogP contribution is -2.45. The van der Waals surface area contributed by atoms with Gasteiger partial charge in [-0.25, -0.2) is 9.37 Å². The van der Waals surface area contributed by atoms with Crippen LogP contribution in [0, 0.1) is 18.7 Å². The van der Waals surface area contributed by atoms with E-state index in [0.717, 1.165) is 17.0 Å². The number of nitrogens with one attached hydrogen (secondary N) is 1. The van der Waals surface area contributed by atoms with Crippen LogP contribution in [0.15, 0.2) is 48.7 Å². The van der Waals surface area contributed by atoms with Gasteiger partial charge in [-0.2, -0.15) is 0 Å². The molecule has 7 heteroatoms. The lowest BCUT2D eigenvalue weighted by atomic mass is 9.96. The number of halogens is 1. The van der Waals surface area contributed by atoms with Crippen LogP contribution >= 0.6 is 0 Å². The number of imidazole rings is 1. The van der Waals surface area contributed by atoms with E-state index in [2.05, 4.69) is 10.3 Å². The Bertz CT molecular complexity index is 1060. The molecule has 0 unspecified atom stereocenters. The van der Waals surface area contributed by atoms with Crippen molar-refractivity contribution in [2.75, 3.05) is 6.54 Å². The first-order valence-corrected chi connectivity index (χ1v) is 9.74. The number of aryl methyl sites for hydroxylation is 1. The second-order valence-corrected chi connectivity index (χ2v) is 7.45. The minimum atomic E-state index is -0.339. The third-order valence-electron chi connectivity index (χ3n) is 5.38. The van der Waals surface area contributed by atoms with E-state index in [0.29, 0.717) is 31.5 Å². The summed E-state index contributed by atoms with van der Waals surface area (Å²) in [6.07, 6.45) is 2.71. The van der Waals surface area contributed by atoms with E-state index in [1.165, 1.54) is 6.07 Å². The van der Waals surface area contributed by atoms with Crippen molar-refractivity contribution >= 4 is 17.5 Å². The minimum Gasteiger partial charge on any atom is -0.350 e. The molecule has 1 N–H and O–H groups in total. The van der Waals surface area contributed by atoms with Gasteiger partial charge in [-0.3, -0.25) is 9.59 Å². The lowest BCUT2D eigenvalue weighted by Gasteiger charge is -2.32. The summed E-state index contributed by atoms with van der Waals surface area (Å²) < 4.78 is 15.9. The van der Waals surface area contributed by atoms with Crippen molar-refractivity contribution in [3.05, 3.63) is 71.4 Å². The summed E-state index contributed by atoms with van der Waals surface area (Å²) in [5.74, 6) is -0.801. The van der Waals surface area contributed by atoms with Crippen molar-refractivity contribution in [3.63, 3.8) is 0 Å². The minimum absolute atomic E-state index is 0.0480. The molecule has 1 fully saturated rings. The van der Waals surface area contributed by atoms with Gasteiger partial charge in [0.25, 0.3) is 0 Å². The van der Waals surface area contributed by atoms with E-state index in [9.17, 15) is 14.0 Å². The molecule has 1 aromatic carbocycles. The molecule has 3 aromatic rings. The van der Waals surface area contributed by atoms with Gasteiger partial charge in [0.05, 0.1) is 18.2 Å². The third kappa shape index (κ3) is 4.13.